The maximum absolute atomic E-state index is 13.6. The first-order valence-corrected chi connectivity index (χ1v) is 35.8. The van der Waals surface area contributed by atoms with Gasteiger partial charge in [0.15, 0.2) is 5.75 Å². The number of anilines is 4. The maximum Gasteiger partial charge on any atom is 0.296 e. The number of fused-ring (bicyclic) bond motifs is 2. The summed E-state index contributed by atoms with van der Waals surface area (Å²) in [7, 11) is -13.9. The van der Waals surface area contributed by atoms with Crippen LogP contribution in [-0.2, 0) is 40.5 Å². The Bertz CT molecular complexity index is 5210. The van der Waals surface area contributed by atoms with Crippen LogP contribution in [0.1, 0.15) is 52.7 Å². The van der Waals surface area contributed by atoms with E-state index in [4.69, 9.17) is 34.0 Å². The Morgan fingerprint density at radius 3 is 1.47 bits per heavy atom. The Balaban J connectivity index is 0.926. The van der Waals surface area contributed by atoms with Gasteiger partial charge in [-0.05, 0) is 171 Å². The first-order valence-electron chi connectivity index (χ1n) is 29.7. The molecule has 0 aliphatic rings. The van der Waals surface area contributed by atoms with E-state index < -0.39 is 79.1 Å². The third-order valence-corrected chi connectivity index (χ3v) is 18.2. The van der Waals surface area contributed by atoms with Crippen molar-refractivity contribution in [3.8, 4) is 34.5 Å². The van der Waals surface area contributed by atoms with Crippen LogP contribution in [0, 0.1) is 20.8 Å². The van der Waals surface area contributed by atoms with Crippen LogP contribution in [-0.4, -0.2) is 109 Å². The molecule has 9 rings (SSSR count). The van der Waals surface area contributed by atoms with Crippen molar-refractivity contribution in [2.45, 2.75) is 56.2 Å². The molecule has 0 atom stereocenters. The zero-order chi connectivity index (χ0) is 71.6. The second-order valence-electron chi connectivity index (χ2n) is 22.1. The number of phenolic OH excluding ortho intramolecular Hbond substituents is 1. The van der Waals surface area contributed by atoms with E-state index in [1.54, 1.807) is 93.6 Å². The minimum atomic E-state index is -4.97. The first kappa shape index (κ1) is 72.7. The van der Waals surface area contributed by atoms with Crippen LogP contribution in [0.5, 0.6) is 34.5 Å². The fourth-order valence-corrected chi connectivity index (χ4v) is 12.1. The van der Waals surface area contributed by atoms with E-state index in [9.17, 15) is 57.2 Å². The third kappa shape index (κ3) is 19.2. The monoisotopic (exact) mass is 1430 g/mol. The molecule has 34 heteroatoms. The van der Waals surface area contributed by atoms with Crippen molar-refractivity contribution in [1.29, 1.82) is 0 Å². The SMILES string of the molecule is COc1cc(N=Nc2cc(OCCCCS(=O)(=O)O)c(N=Nc3cc(OC)c(N=Nc4c(S(=O)(=O)O)cc5cc(Nc6ccc(N)cc6)ccc5c4O)cc3C)cc2C)c(OC)cc1N=Nc1ccc(C(=O)Nc2ccc3cc(S(=O)(=O)O)cc(OCCCCS(=O)(=O)O)c3c2)cc1C. The molecule has 518 valence electrons. The van der Waals surface area contributed by atoms with Gasteiger partial charge in [-0.2, -0.15) is 49.0 Å². The molecule has 0 saturated carbocycles. The molecular weight excluding hydrogens is 1370 g/mol. The van der Waals surface area contributed by atoms with Crippen molar-refractivity contribution in [2.75, 3.05) is 62.4 Å². The number of nitrogens with one attached hydrogen (secondary N) is 2. The quantitative estimate of drug-likeness (QED) is 0.00934. The van der Waals surface area contributed by atoms with E-state index in [0.29, 0.717) is 61.6 Å². The summed E-state index contributed by atoms with van der Waals surface area (Å²) in [5.41, 5.74) is 10.9. The molecule has 0 aromatic heterocycles. The topological polar surface area (TPSA) is 450 Å². The van der Waals surface area contributed by atoms with Gasteiger partial charge in [0.25, 0.3) is 46.4 Å². The van der Waals surface area contributed by atoms with Gasteiger partial charge in [-0.1, -0.05) is 6.07 Å². The minimum Gasteiger partial charge on any atom is -0.505 e. The van der Waals surface area contributed by atoms with Crippen LogP contribution < -0.4 is 40.1 Å². The molecule has 0 bridgehead atoms. The summed E-state index contributed by atoms with van der Waals surface area (Å²) >= 11 is 0. The van der Waals surface area contributed by atoms with Gasteiger partial charge in [-0.25, -0.2) is 0 Å². The Kier molecular flexibility index (Phi) is 22.7. The van der Waals surface area contributed by atoms with Crippen molar-refractivity contribution in [1.82, 2.24) is 0 Å². The minimum absolute atomic E-state index is 0.0202. The summed E-state index contributed by atoms with van der Waals surface area (Å²) in [6.45, 7) is 5.05. The molecule has 9 aromatic rings. The van der Waals surface area contributed by atoms with Crippen LogP contribution in [0.4, 0.5) is 68.2 Å². The highest BCUT2D eigenvalue weighted by Crippen LogP contribution is 2.46. The molecule has 0 aliphatic heterocycles. The van der Waals surface area contributed by atoms with E-state index in [1.165, 1.54) is 69.9 Å². The van der Waals surface area contributed by atoms with Crippen molar-refractivity contribution < 1.29 is 85.5 Å². The van der Waals surface area contributed by atoms with E-state index in [0.717, 1.165) is 12.1 Å². The molecule has 0 unspecified atom stereocenters. The Labute approximate surface area is 568 Å². The molecule has 0 aliphatic carbocycles. The van der Waals surface area contributed by atoms with Gasteiger partial charge in [0.05, 0.1) is 68.0 Å². The van der Waals surface area contributed by atoms with Crippen LogP contribution in [0.2, 0.25) is 0 Å². The summed E-state index contributed by atoms with van der Waals surface area (Å²) < 4.78 is 162. The highest BCUT2D eigenvalue weighted by molar-refractivity contribution is 7.86. The molecule has 0 heterocycles. The second-order valence-corrected chi connectivity index (χ2v) is 28.1. The summed E-state index contributed by atoms with van der Waals surface area (Å²) in [6.07, 6.45) is 0.524. The van der Waals surface area contributed by atoms with Crippen LogP contribution in [0.15, 0.2) is 184 Å². The number of carbonyl (C=O) groups excluding carboxylic acids is 1. The van der Waals surface area contributed by atoms with Gasteiger partial charge in [0.1, 0.15) is 62.1 Å². The van der Waals surface area contributed by atoms with Gasteiger partial charge in [-0.3, -0.25) is 23.0 Å². The lowest BCUT2D eigenvalue weighted by Gasteiger charge is -2.13. The smallest absolute Gasteiger partial charge is 0.296 e. The Morgan fingerprint density at radius 2 is 0.929 bits per heavy atom. The van der Waals surface area contributed by atoms with Crippen LogP contribution in [0.25, 0.3) is 21.5 Å². The number of carbonyl (C=O) groups is 1. The number of rotatable bonds is 29. The maximum atomic E-state index is 13.6. The fourth-order valence-electron chi connectivity index (χ4n) is 9.77. The van der Waals surface area contributed by atoms with Gasteiger partial charge < -0.3 is 45.2 Å². The highest BCUT2D eigenvalue weighted by Gasteiger charge is 2.24. The van der Waals surface area contributed by atoms with Crippen molar-refractivity contribution in [3.05, 3.63) is 156 Å². The van der Waals surface area contributed by atoms with Gasteiger partial charge in [0.2, 0.25) is 0 Å². The molecule has 0 fully saturated rings. The number of azo groups is 4. The summed E-state index contributed by atoms with van der Waals surface area (Å²) in [4.78, 5) is 12.5. The molecule has 1 amide bonds. The first-order chi connectivity index (χ1) is 46.9. The number of aryl methyl sites for hydroxylation is 3. The highest BCUT2D eigenvalue weighted by atomic mass is 32.2. The number of nitrogens with zero attached hydrogens (tertiary/aromatic N) is 8. The molecule has 9 N–H and O–H groups in total. The predicted octanol–water partition coefficient (Wildman–Crippen LogP) is 15.5. The standard InChI is InChI=1S/C65H65N11O19S4/c1-37-25-41(65(78)68-46-15-11-40-29-47(98(85,86)87)32-57(49(40)31-46)94-21-7-9-23-96(79,80)81)12-20-50(37)69-73-55-35-60(93-6)56(36-59(55)92-5)74-71-52-34-61(95-22-8-10-24-97(82,83)84)54(27-39(52)3)72-70-51-33-58(91-4)53(26-38(51)2)75-76-63-62(99(88,89)90)30-42-28-45(18-19-48(42)64(63)77)67-44-16-13-43(66)14-17-44/h11-20,25-36,67,77H,7-10,21-24,66H2,1-6H3,(H,68,78)(H,79,80,81)(H,82,83,84)(H,85,86,87)(H,88,89,90). The zero-order valence-corrected chi connectivity index (χ0v) is 56.9. The number of phenols is 1. The number of methoxy groups -OCH3 is 3. The Hall–Kier alpha value is -10.6. The lowest BCUT2D eigenvalue weighted by Crippen LogP contribution is -2.12. The summed E-state index contributed by atoms with van der Waals surface area (Å²) in [5, 5.41) is 53.8. The number of aromatic hydroxyl groups is 1. The largest absolute Gasteiger partial charge is 0.505 e. The summed E-state index contributed by atoms with van der Waals surface area (Å²) in [6, 6.07) is 33.7. The van der Waals surface area contributed by atoms with Crippen LogP contribution >= 0.6 is 0 Å². The fraction of sp³-hybridized carbons (Fsp3) is 0.215. The van der Waals surface area contributed by atoms with Crippen molar-refractivity contribution >= 4 is 136 Å². The lowest BCUT2D eigenvalue weighted by molar-refractivity contribution is 0.102. The average molecular weight is 1430 g/mol. The van der Waals surface area contributed by atoms with E-state index >= 15 is 0 Å². The molecular formula is C65H65N11O19S4. The number of ether oxygens (including phenoxy) is 5. The van der Waals surface area contributed by atoms with Crippen molar-refractivity contribution in [3.63, 3.8) is 0 Å². The van der Waals surface area contributed by atoms with Gasteiger partial charge >= 0.3 is 0 Å². The van der Waals surface area contributed by atoms with Gasteiger partial charge in [-0.15, -0.1) is 25.6 Å². The second kappa shape index (κ2) is 30.9. The van der Waals surface area contributed by atoms with Crippen LogP contribution in [0.3, 0.4) is 0 Å². The van der Waals surface area contributed by atoms with E-state index in [1.807, 2.05) is 0 Å². The zero-order valence-electron chi connectivity index (χ0n) is 53.6. The lowest BCUT2D eigenvalue weighted by atomic mass is 10.1. The molecule has 99 heavy (non-hydrogen) atoms. The molecule has 0 spiro atoms. The molecule has 9 aromatic carbocycles. The van der Waals surface area contributed by atoms with Crippen molar-refractivity contribution in [2.24, 2.45) is 40.9 Å². The number of unbranched alkanes of at least 4 members (excludes halogenated alkanes) is 2. The van der Waals surface area contributed by atoms with E-state index in [2.05, 4.69) is 51.5 Å². The number of hydrogen-bond acceptors (Lipinski definition) is 25. The molecule has 0 saturated heterocycles. The normalized spacial score (nSPS) is 12.3. The van der Waals surface area contributed by atoms with Gasteiger partial charge in [0, 0.05) is 69.4 Å². The third-order valence-electron chi connectivity index (χ3n) is 14.9. The number of hydrogen-bond donors (Lipinski definition) is 8. The average Bonchev–Trinajstić information content (AvgIpc) is 0.783. The number of nitrogen functional groups attached to an aromatic ring is 1. The Morgan fingerprint density at radius 1 is 0.444 bits per heavy atom. The number of amides is 1. The number of nitrogens with two attached hydrogens (primary N) is 1. The molecule has 30 nitrogen and oxygen atoms in total. The number of benzene rings is 9. The predicted molar refractivity (Wildman–Crippen MR) is 370 cm³/mol. The molecule has 0 radical (unpaired) electrons. The van der Waals surface area contributed by atoms with E-state index in [-0.39, 0.29) is 112 Å². The summed E-state index contributed by atoms with van der Waals surface area (Å²) in [5.74, 6) is -1.36.